The molecule has 0 spiro atoms. The van der Waals surface area contributed by atoms with Gasteiger partial charge < -0.3 is 9.90 Å². The van der Waals surface area contributed by atoms with E-state index in [4.69, 9.17) is 0 Å². The number of anilines is 1. The van der Waals surface area contributed by atoms with Gasteiger partial charge in [0.2, 0.25) is 0 Å². The van der Waals surface area contributed by atoms with Crippen LogP contribution in [0.3, 0.4) is 0 Å². The number of carboxylic acid groups (broad SMARTS) is 1. The fraction of sp³-hybridized carbons (Fsp3) is 0.188. The van der Waals surface area contributed by atoms with Gasteiger partial charge in [-0.05, 0) is 61.2 Å². The number of carboxylic acids is 1. The fourth-order valence-electron chi connectivity index (χ4n) is 2.03. The molecule has 0 radical (unpaired) electrons. The molecule has 2 aromatic rings. The second kappa shape index (κ2) is 5.81. The van der Waals surface area contributed by atoms with Crippen LogP contribution < -0.4 is 9.83 Å². The largest absolute Gasteiger partial charge is 0.545 e. The van der Waals surface area contributed by atoms with Crippen LogP contribution in [0.2, 0.25) is 0 Å². The number of benzene rings is 2. The average molecular weight is 318 g/mol. The summed E-state index contributed by atoms with van der Waals surface area (Å²) in [4.78, 5) is 10.8. The van der Waals surface area contributed by atoms with Gasteiger partial charge in [0.05, 0.1) is 10.9 Å². The molecular formula is C16H16NO4S-. The maximum atomic E-state index is 12.5. The van der Waals surface area contributed by atoms with Crippen molar-refractivity contribution in [2.75, 3.05) is 4.72 Å². The van der Waals surface area contributed by atoms with E-state index in [9.17, 15) is 18.3 Å². The Morgan fingerprint density at radius 2 is 1.59 bits per heavy atom. The third kappa shape index (κ3) is 3.28. The number of aromatic carboxylic acids is 1. The summed E-state index contributed by atoms with van der Waals surface area (Å²) in [7, 11) is -3.87. The van der Waals surface area contributed by atoms with Gasteiger partial charge in [-0.15, -0.1) is 0 Å². The SMILES string of the molecule is Cc1ccc(NS(=O)(=O)c2cc(C(=O)[O-])ccc2C)cc1C. The van der Waals surface area contributed by atoms with E-state index in [-0.39, 0.29) is 10.5 Å². The first-order valence-electron chi connectivity index (χ1n) is 6.63. The van der Waals surface area contributed by atoms with Crippen LogP contribution in [0.5, 0.6) is 0 Å². The highest BCUT2D eigenvalue weighted by molar-refractivity contribution is 7.92. The van der Waals surface area contributed by atoms with Crippen LogP contribution in [0.4, 0.5) is 5.69 Å². The standard InChI is InChI=1S/C16H17NO4S/c1-10-5-7-14(8-12(10)3)17-22(20,21)15-9-13(16(18)19)6-4-11(15)2/h4-9,17H,1-3H3,(H,18,19)/p-1. The molecule has 0 saturated heterocycles. The Bertz CT molecular complexity index is 841. The van der Waals surface area contributed by atoms with Gasteiger partial charge in [0, 0.05) is 5.69 Å². The van der Waals surface area contributed by atoms with Crippen molar-refractivity contribution in [1.29, 1.82) is 0 Å². The molecule has 116 valence electrons. The van der Waals surface area contributed by atoms with Crippen LogP contribution in [0.1, 0.15) is 27.0 Å². The van der Waals surface area contributed by atoms with E-state index in [1.165, 1.54) is 12.1 Å². The van der Waals surface area contributed by atoms with E-state index < -0.39 is 16.0 Å². The minimum Gasteiger partial charge on any atom is -0.545 e. The first kappa shape index (κ1) is 16.0. The smallest absolute Gasteiger partial charge is 0.262 e. The Kier molecular flexibility index (Phi) is 4.23. The molecule has 0 bridgehead atoms. The minimum absolute atomic E-state index is 0.0765. The molecule has 0 amide bonds. The molecule has 0 heterocycles. The number of hydrogen-bond acceptors (Lipinski definition) is 4. The van der Waals surface area contributed by atoms with Gasteiger partial charge in [-0.1, -0.05) is 18.2 Å². The monoisotopic (exact) mass is 318 g/mol. The molecule has 0 aromatic heterocycles. The maximum absolute atomic E-state index is 12.5. The lowest BCUT2D eigenvalue weighted by Crippen LogP contribution is -2.23. The van der Waals surface area contributed by atoms with Gasteiger partial charge in [-0.25, -0.2) is 8.42 Å². The van der Waals surface area contributed by atoms with Crippen LogP contribution in [0.15, 0.2) is 41.3 Å². The fourth-order valence-corrected chi connectivity index (χ4v) is 3.35. The van der Waals surface area contributed by atoms with Crippen molar-refractivity contribution in [2.45, 2.75) is 25.7 Å². The molecule has 0 saturated carbocycles. The highest BCUT2D eigenvalue weighted by Crippen LogP contribution is 2.22. The summed E-state index contributed by atoms with van der Waals surface area (Å²) in [5.41, 5.74) is 2.73. The highest BCUT2D eigenvalue weighted by Gasteiger charge is 2.18. The van der Waals surface area contributed by atoms with Gasteiger partial charge in [-0.3, -0.25) is 4.72 Å². The predicted octanol–water partition coefficient (Wildman–Crippen LogP) is 1.78. The second-order valence-corrected chi connectivity index (χ2v) is 6.82. The van der Waals surface area contributed by atoms with Gasteiger partial charge >= 0.3 is 0 Å². The molecule has 2 rings (SSSR count). The summed E-state index contributed by atoms with van der Waals surface area (Å²) in [5, 5.41) is 10.9. The van der Waals surface area contributed by atoms with E-state index in [1.807, 2.05) is 19.9 Å². The molecule has 6 heteroatoms. The summed E-state index contributed by atoms with van der Waals surface area (Å²) in [5.74, 6) is -1.41. The number of carbonyl (C=O) groups excluding carboxylic acids is 1. The first-order valence-corrected chi connectivity index (χ1v) is 8.11. The highest BCUT2D eigenvalue weighted by atomic mass is 32.2. The lowest BCUT2D eigenvalue weighted by molar-refractivity contribution is -0.255. The van der Waals surface area contributed by atoms with E-state index in [0.717, 1.165) is 17.2 Å². The summed E-state index contributed by atoms with van der Waals surface area (Å²) in [6.07, 6.45) is 0. The quantitative estimate of drug-likeness (QED) is 0.931. The van der Waals surface area contributed by atoms with Crippen molar-refractivity contribution in [3.8, 4) is 0 Å². The molecule has 0 unspecified atom stereocenters. The molecule has 0 atom stereocenters. The normalized spacial score (nSPS) is 11.2. The van der Waals surface area contributed by atoms with Gasteiger partial charge in [0.15, 0.2) is 0 Å². The molecule has 22 heavy (non-hydrogen) atoms. The molecular weight excluding hydrogens is 302 g/mol. The zero-order valence-electron chi connectivity index (χ0n) is 12.5. The van der Waals surface area contributed by atoms with Gasteiger partial charge in [0.25, 0.3) is 10.0 Å². The van der Waals surface area contributed by atoms with Crippen LogP contribution in [-0.2, 0) is 10.0 Å². The van der Waals surface area contributed by atoms with Crippen LogP contribution in [0, 0.1) is 20.8 Å². The third-order valence-corrected chi connectivity index (χ3v) is 5.00. The van der Waals surface area contributed by atoms with E-state index >= 15 is 0 Å². The lowest BCUT2D eigenvalue weighted by Gasteiger charge is -2.13. The molecule has 0 aliphatic carbocycles. The molecule has 0 fully saturated rings. The number of sulfonamides is 1. The Hall–Kier alpha value is -2.34. The molecule has 0 aliphatic heterocycles. The third-order valence-electron chi connectivity index (χ3n) is 3.47. The Balaban J connectivity index is 2.44. The van der Waals surface area contributed by atoms with Crippen molar-refractivity contribution in [3.63, 3.8) is 0 Å². The van der Waals surface area contributed by atoms with Crippen molar-refractivity contribution >= 4 is 21.7 Å². The van der Waals surface area contributed by atoms with Crippen molar-refractivity contribution in [1.82, 2.24) is 0 Å². The molecule has 2 aromatic carbocycles. The van der Waals surface area contributed by atoms with Crippen molar-refractivity contribution in [2.24, 2.45) is 0 Å². The van der Waals surface area contributed by atoms with E-state index in [1.54, 1.807) is 19.1 Å². The zero-order valence-corrected chi connectivity index (χ0v) is 13.3. The minimum atomic E-state index is -3.87. The first-order chi connectivity index (χ1) is 10.2. The Morgan fingerprint density at radius 3 is 2.18 bits per heavy atom. The summed E-state index contributed by atoms with van der Waals surface area (Å²) >= 11 is 0. The summed E-state index contributed by atoms with van der Waals surface area (Å²) in [6.45, 7) is 5.42. The van der Waals surface area contributed by atoms with Crippen LogP contribution in [-0.4, -0.2) is 14.4 Å². The van der Waals surface area contributed by atoms with Gasteiger partial charge in [0.1, 0.15) is 0 Å². The zero-order chi connectivity index (χ0) is 16.5. The van der Waals surface area contributed by atoms with E-state index in [0.29, 0.717) is 11.3 Å². The van der Waals surface area contributed by atoms with Crippen molar-refractivity contribution < 1.29 is 18.3 Å². The molecule has 0 aliphatic rings. The molecule has 5 nitrogen and oxygen atoms in total. The number of carbonyl (C=O) groups is 1. The van der Waals surface area contributed by atoms with Gasteiger partial charge in [-0.2, -0.15) is 0 Å². The lowest BCUT2D eigenvalue weighted by atomic mass is 10.1. The van der Waals surface area contributed by atoms with E-state index in [2.05, 4.69) is 4.72 Å². The van der Waals surface area contributed by atoms with Crippen LogP contribution in [0.25, 0.3) is 0 Å². The Morgan fingerprint density at radius 1 is 0.955 bits per heavy atom. The number of hydrogen-bond donors (Lipinski definition) is 1. The predicted molar refractivity (Wildman–Crippen MR) is 82.2 cm³/mol. The Labute approximate surface area is 129 Å². The molecule has 1 N–H and O–H groups in total. The number of rotatable bonds is 4. The second-order valence-electron chi connectivity index (χ2n) is 5.17. The number of aryl methyl sites for hydroxylation is 3. The number of nitrogens with one attached hydrogen (secondary N) is 1. The average Bonchev–Trinajstić information content (AvgIpc) is 2.42. The van der Waals surface area contributed by atoms with Crippen molar-refractivity contribution in [3.05, 3.63) is 58.7 Å². The maximum Gasteiger partial charge on any atom is 0.262 e. The summed E-state index contributed by atoms with van der Waals surface area (Å²) in [6, 6.07) is 9.08. The van der Waals surface area contributed by atoms with Crippen LogP contribution >= 0.6 is 0 Å². The topological polar surface area (TPSA) is 86.3 Å². The summed E-state index contributed by atoms with van der Waals surface area (Å²) < 4.78 is 27.4.